The van der Waals surface area contributed by atoms with Crippen LogP contribution in [0.1, 0.15) is 26.1 Å². The molecule has 2 rings (SSSR count). The topological polar surface area (TPSA) is 85.8 Å². The number of aromatic nitrogens is 3. The Bertz CT molecular complexity index is 595. The lowest BCUT2D eigenvalue weighted by Gasteiger charge is -2.17. The number of nitrogens with zero attached hydrogens (tertiary/aromatic N) is 3. The number of hydrogen-bond acceptors (Lipinski definition) is 4. The second-order valence-electron chi connectivity index (χ2n) is 5.46. The van der Waals surface area contributed by atoms with Crippen molar-refractivity contribution in [2.75, 3.05) is 5.32 Å². The van der Waals surface area contributed by atoms with E-state index >= 15 is 0 Å². The Balaban J connectivity index is 2.06. The molecule has 6 heteroatoms. The Morgan fingerprint density at radius 3 is 2.65 bits per heavy atom. The lowest BCUT2D eigenvalue weighted by atomic mass is 10.0. The molecule has 0 aliphatic carbocycles. The average molecular weight is 273 g/mol. The van der Waals surface area contributed by atoms with Crippen molar-refractivity contribution in [1.82, 2.24) is 14.5 Å². The Morgan fingerprint density at radius 1 is 1.40 bits per heavy atom. The maximum absolute atomic E-state index is 11.8. The van der Waals surface area contributed by atoms with E-state index < -0.39 is 5.54 Å². The van der Waals surface area contributed by atoms with Crippen molar-refractivity contribution in [2.24, 2.45) is 5.73 Å². The predicted octanol–water partition coefficient (Wildman–Crippen LogP) is 1.64. The number of aryl methyl sites for hydroxylation is 1. The monoisotopic (exact) mass is 273 g/mol. The summed E-state index contributed by atoms with van der Waals surface area (Å²) < 4.78 is 1.87. The van der Waals surface area contributed by atoms with Crippen LogP contribution in [0.2, 0.25) is 0 Å². The first-order valence-electron chi connectivity index (χ1n) is 6.40. The molecule has 0 unspecified atom stereocenters. The summed E-state index contributed by atoms with van der Waals surface area (Å²) in [5, 5.41) is 2.78. The molecule has 0 bridgehead atoms. The van der Waals surface area contributed by atoms with Crippen LogP contribution in [0.25, 0.3) is 5.82 Å². The Morgan fingerprint density at radius 2 is 2.15 bits per heavy atom. The first kappa shape index (κ1) is 14.2. The van der Waals surface area contributed by atoms with Crippen molar-refractivity contribution in [1.29, 1.82) is 0 Å². The molecule has 1 amide bonds. The number of rotatable bonds is 4. The van der Waals surface area contributed by atoms with Crippen LogP contribution in [-0.2, 0) is 4.79 Å². The van der Waals surface area contributed by atoms with Crippen LogP contribution in [0.5, 0.6) is 0 Å². The van der Waals surface area contributed by atoms with Crippen LogP contribution in [0, 0.1) is 6.92 Å². The number of amides is 1. The highest BCUT2D eigenvalue weighted by molar-refractivity contribution is 5.91. The quantitative estimate of drug-likeness (QED) is 0.886. The minimum absolute atomic E-state index is 0.120. The molecule has 6 nitrogen and oxygen atoms in total. The highest BCUT2D eigenvalue weighted by atomic mass is 16.1. The van der Waals surface area contributed by atoms with E-state index in [0.717, 1.165) is 11.6 Å². The number of carbonyl (C=O) groups excluding carboxylic acids is 1. The highest BCUT2D eigenvalue weighted by Gasteiger charge is 2.16. The average Bonchev–Trinajstić information content (AvgIpc) is 2.74. The summed E-state index contributed by atoms with van der Waals surface area (Å²) in [7, 11) is 0. The van der Waals surface area contributed by atoms with Crippen molar-refractivity contribution in [3.63, 3.8) is 0 Å². The van der Waals surface area contributed by atoms with E-state index in [0.29, 0.717) is 5.69 Å². The smallest absolute Gasteiger partial charge is 0.226 e. The van der Waals surface area contributed by atoms with Crippen LogP contribution >= 0.6 is 0 Å². The summed E-state index contributed by atoms with van der Waals surface area (Å²) in [4.78, 5) is 20.2. The fraction of sp³-hybridized carbons (Fsp3) is 0.357. The summed E-state index contributed by atoms with van der Waals surface area (Å²) in [6, 6.07) is 3.64. The third-order valence-electron chi connectivity index (χ3n) is 2.72. The SMILES string of the molecule is Cc1nccn1-c1ccc(NC(=O)CC(C)(C)N)cn1. The number of nitrogens with two attached hydrogens (primary N) is 1. The van der Waals surface area contributed by atoms with Crippen molar-refractivity contribution in [2.45, 2.75) is 32.7 Å². The van der Waals surface area contributed by atoms with Gasteiger partial charge in [-0.25, -0.2) is 9.97 Å². The minimum atomic E-state index is -0.522. The lowest BCUT2D eigenvalue weighted by molar-refractivity contribution is -0.117. The third kappa shape index (κ3) is 3.64. The Labute approximate surface area is 118 Å². The molecule has 0 aliphatic heterocycles. The van der Waals surface area contributed by atoms with Crippen molar-refractivity contribution < 1.29 is 4.79 Å². The normalized spacial score (nSPS) is 11.4. The van der Waals surface area contributed by atoms with E-state index in [9.17, 15) is 4.79 Å². The van der Waals surface area contributed by atoms with E-state index in [1.54, 1.807) is 12.4 Å². The van der Waals surface area contributed by atoms with Gasteiger partial charge < -0.3 is 11.1 Å². The maximum atomic E-state index is 11.8. The highest BCUT2D eigenvalue weighted by Crippen LogP contribution is 2.13. The molecule has 0 radical (unpaired) electrons. The van der Waals surface area contributed by atoms with E-state index in [4.69, 9.17) is 5.73 Å². The van der Waals surface area contributed by atoms with Crippen molar-refractivity contribution in [3.8, 4) is 5.82 Å². The summed E-state index contributed by atoms with van der Waals surface area (Å²) in [5.41, 5.74) is 5.94. The van der Waals surface area contributed by atoms with Crippen LogP contribution in [0.4, 0.5) is 5.69 Å². The number of nitrogens with one attached hydrogen (secondary N) is 1. The summed E-state index contributed by atoms with van der Waals surface area (Å²) >= 11 is 0. The van der Waals surface area contributed by atoms with E-state index in [-0.39, 0.29) is 12.3 Å². The summed E-state index contributed by atoms with van der Waals surface area (Å²) in [6.45, 7) is 5.53. The molecule has 2 aromatic heterocycles. The summed E-state index contributed by atoms with van der Waals surface area (Å²) in [5.74, 6) is 1.50. The van der Waals surface area contributed by atoms with Gasteiger partial charge in [0.1, 0.15) is 11.6 Å². The number of hydrogen-bond donors (Lipinski definition) is 2. The molecular weight excluding hydrogens is 254 g/mol. The van der Waals surface area contributed by atoms with Gasteiger partial charge >= 0.3 is 0 Å². The van der Waals surface area contributed by atoms with Crippen LogP contribution in [0.3, 0.4) is 0 Å². The van der Waals surface area contributed by atoms with Gasteiger partial charge in [0.2, 0.25) is 5.91 Å². The molecule has 2 heterocycles. The van der Waals surface area contributed by atoms with Gasteiger partial charge in [0.15, 0.2) is 0 Å². The van der Waals surface area contributed by atoms with Gasteiger partial charge in [0.05, 0.1) is 11.9 Å². The summed E-state index contributed by atoms with van der Waals surface area (Å²) in [6.07, 6.45) is 5.44. The second-order valence-corrected chi connectivity index (χ2v) is 5.46. The number of pyridine rings is 1. The largest absolute Gasteiger partial charge is 0.325 e. The Kier molecular flexibility index (Phi) is 3.85. The molecule has 2 aromatic rings. The zero-order chi connectivity index (χ0) is 14.8. The predicted molar refractivity (Wildman–Crippen MR) is 77.6 cm³/mol. The zero-order valence-electron chi connectivity index (χ0n) is 11.9. The Hall–Kier alpha value is -2.21. The van der Waals surface area contributed by atoms with Gasteiger partial charge in [0, 0.05) is 24.4 Å². The van der Waals surface area contributed by atoms with Crippen LogP contribution < -0.4 is 11.1 Å². The molecule has 0 saturated heterocycles. The van der Waals surface area contributed by atoms with Crippen molar-refractivity contribution in [3.05, 3.63) is 36.5 Å². The van der Waals surface area contributed by atoms with Gasteiger partial charge in [-0.2, -0.15) is 0 Å². The van der Waals surface area contributed by atoms with Crippen molar-refractivity contribution >= 4 is 11.6 Å². The molecule has 0 aliphatic rings. The number of anilines is 1. The van der Waals surface area contributed by atoms with E-state index in [1.165, 1.54) is 0 Å². The lowest BCUT2D eigenvalue weighted by Crippen LogP contribution is -2.36. The van der Waals surface area contributed by atoms with Gasteiger partial charge in [-0.15, -0.1) is 0 Å². The molecule has 0 aromatic carbocycles. The zero-order valence-corrected chi connectivity index (χ0v) is 11.9. The van der Waals surface area contributed by atoms with Crippen LogP contribution in [-0.4, -0.2) is 26.0 Å². The molecule has 106 valence electrons. The molecule has 3 N–H and O–H groups in total. The first-order valence-corrected chi connectivity index (χ1v) is 6.40. The molecule has 0 saturated carbocycles. The second kappa shape index (κ2) is 5.42. The van der Waals surface area contributed by atoms with Gasteiger partial charge in [0.25, 0.3) is 0 Å². The molecule has 0 atom stereocenters. The third-order valence-corrected chi connectivity index (χ3v) is 2.72. The maximum Gasteiger partial charge on any atom is 0.226 e. The van der Waals surface area contributed by atoms with Gasteiger partial charge in [-0.1, -0.05) is 0 Å². The fourth-order valence-electron chi connectivity index (χ4n) is 1.84. The fourth-order valence-corrected chi connectivity index (χ4v) is 1.84. The number of carbonyl (C=O) groups is 1. The minimum Gasteiger partial charge on any atom is -0.325 e. The molecule has 0 fully saturated rings. The standard InChI is InChI=1S/C14H19N5O/c1-10-16-6-7-19(10)12-5-4-11(9-17-12)18-13(20)8-14(2,3)15/h4-7,9H,8,15H2,1-3H3,(H,18,20). The first-order chi connectivity index (χ1) is 9.35. The molecule has 20 heavy (non-hydrogen) atoms. The molecule has 0 spiro atoms. The van der Waals surface area contributed by atoms with Gasteiger partial charge in [-0.3, -0.25) is 9.36 Å². The molecular formula is C14H19N5O. The van der Waals surface area contributed by atoms with E-state index in [2.05, 4.69) is 15.3 Å². The number of imidazole rings is 1. The van der Waals surface area contributed by atoms with Crippen LogP contribution in [0.15, 0.2) is 30.7 Å². The van der Waals surface area contributed by atoms with E-state index in [1.807, 2.05) is 43.7 Å². The van der Waals surface area contributed by atoms with Gasteiger partial charge in [-0.05, 0) is 32.9 Å².